The topological polar surface area (TPSA) is 69.6 Å². The van der Waals surface area contributed by atoms with Gasteiger partial charge in [0, 0.05) is 6.04 Å². The second-order valence-electron chi connectivity index (χ2n) is 4.52. The van der Waals surface area contributed by atoms with Crippen molar-refractivity contribution in [3.63, 3.8) is 0 Å². The summed E-state index contributed by atoms with van der Waals surface area (Å²) in [5, 5.41) is 11.5. The van der Waals surface area contributed by atoms with Crippen LogP contribution in [0.2, 0.25) is 0 Å². The van der Waals surface area contributed by atoms with Crippen molar-refractivity contribution >= 4 is 12.0 Å². The smallest absolute Gasteiger partial charge is 0.323 e. The molecule has 0 bridgehead atoms. The number of urea groups is 1. The van der Waals surface area contributed by atoms with Gasteiger partial charge in [0.2, 0.25) is 0 Å². The summed E-state index contributed by atoms with van der Waals surface area (Å²) in [6.07, 6.45) is 8.10. The van der Waals surface area contributed by atoms with E-state index in [1.807, 2.05) is 0 Å². The van der Waals surface area contributed by atoms with E-state index in [4.69, 9.17) is 11.5 Å². The zero-order valence-corrected chi connectivity index (χ0v) is 9.98. The lowest BCUT2D eigenvalue weighted by Crippen LogP contribution is -2.46. The Morgan fingerprint density at radius 1 is 1.53 bits per heavy atom. The van der Waals surface area contributed by atoms with Crippen molar-refractivity contribution in [2.24, 2.45) is 5.92 Å². The molecule has 1 aliphatic rings. The number of hydrogen-bond donors (Lipinski definition) is 2. The molecule has 2 amide bonds. The number of carbonyl (C=O) groups is 2. The van der Waals surface area contributed by atoms with Crippen LogP contribution in [0.15, 0.2) is 0 Å². The van der Waals surface area contributed by atoms with Crippen LogP contribution in [-0.2, 0) is 4.79 Å². The Hall–Kier alpha value is -1.70. The van der Waals surface area contributed by atoms with E-state index in [0.29, 0.717) is 5.92 Å². The van der Waals surface area contributed by atoms with Crippen LogP contribution in [0.3, 0.4) is 0 Å². The van der Waals surface area contributed by atoms with Gasteiger partial charge in [0.1, 0.15) is 6.54 Å². The van der Waals surface area contributed by atoms with Crippen molar-refractivity contribution in [3.05, 3.63) is 0 Å². The standard InChI is InChI=1S/C12H18N2O3/c1-3-6-14(8-11(15)16)12(17)13-10-5-4-9(2)7-10/h1,9-10H,4-8H2,2H3,(H,13,17)(H,15,16). The largest absolute Gasteiger partial charge is 0.480 e. The number of carboxylic acids is 1. The number of amides is 2. The van der Waals surface area contributed by atoms with Gasteiger partial charge in [-0.1, -0.05) is 12.8 Å². The van der Waals surface area contributed by atoms with Crippen LogP contribution in [0.1, 0.15) is 26.2 Å². The lowest BCUT2D eigenvalue weighted by molar-refractivity contribution is -0.137. The molecular weight excluding hydrogens is 220 g/mol. The average Bonchev–Trinajstić information content (AvgIpc) is 2.62. The summed E-state index contributed by atoms with van der Waals surface area (Å²) in [5.41, 5.74) is 0. The minimum Gasteiger partial charge on any atom is -0.480 e. The highest BCUT2D eigenvalue weighted by molar-refractivity contribution is 5.80. The van der Waals surface area contributed by atoms with Crippen LogP contribution in [-0.4, -0.2) is 41.1 Å². The molecule has 0 saturated heterocycles. The second kappa shape index (κ2) is 6.14. The molecule has 94 valence electrons. The Morgan fingerprint density at radius 2 is 2.24 bits per heavy atom. The normalized spacial score (nSPS) is 22.8. The number of carboxylic acid groups (broad SMARTS) is 1. The predicted molar refractivity (Wildman–Crippen MR) is 63.4 cm³/mol. The van der Waals surface area contributed by atoms with E-state index in [0.717, 1.165) is 24.2 Å². The molecule has 2 unspecified atom stereocenters. The molecule has 5 heteroatoms. The van der Waals surface area contributed by atoms with E-state index >= 15 is 0 Å². The summed E-state index contributed by atoms with van der Waals surface area (Å²) in [7, 11) is 0. The molecule has 1 fully saturated rings. The van der Waals surface area contributed by atoms with Gasteiger partial charge in [0.15, 0.2) is 0 Å². The number of hydrogen-bond acceptors (Lipinski definition) is 2. The number of nitrogens with one attached hydrogen (secondary N) is 1. The molecule has 1 rings (SSSR count). The van der Waals surface area contributed by atoms with Gasteiger partial charge in [0.05, 0.1) is 6.54 Å². The molecule has 0 aromatic heterocycles. The highest BCUT2D eigenvalue weighted by atomic mass is 16.4. The fourth-order valence-corrected chi connectivity index (χ4v) is 2.08. The molecule has 0 aromatic carbocycles. The number of terminal acetylenes is 1. The Balaban J connectivity index is 2.47. The maximum atomic E-state index is 11.8. The van der Waals surface area contributed by atoms with Crippen molar-refractivity contribution in [2.45, 2.75) is 32.2 Å². The maximum Gasteiger partial charge on any atom is 0.323 e. The van der Waals surface area contributed by atoms with Crippen molar-refractivity contribution in [2.75, 3.05) is 13.1 Å². The van der Waals surface area contributed by atoms with Gasteiger partial charge in [-0.05, 0) is 25.2 Å². The zero-order valence-electron chi connectivity index (χ0n) is 9.98. The number of aliphatic carboxylic acids is 1. The van der Waals surface area contributed by atoms with Gasteiger partial charge < -0.3 is 15.3 Å². The van der Waals surface area contributed by atoms with Crippen molar-refractivity contribution in [3.8, 4) is 12.3 Å². The third-order valence-corrected chi connectivity index (χ3v) is 2.92. The SMILES string of the molecule is C#CCN(CC(=O)O)C(=O)NC1CCC(C)C1. The molecule has 0 spiro atoms. The first-order valence-corrected chi connectivity index (χ1v) is 5.73. The van der Waals surface area contributed by atoms with E-state index in [2.05, 4.69) is 18.2 Å². The molecule has 1 aliphatic carbocycles. The summed E-state index contributed by atoms with van der Waals surface area (Å²) in [5.74, 6) is 1.84. The van der Waals surface area contributed by atoms with Gasteiger partial charge in [-0.15, -0.1) is 6.42 Å². The van der Waals surface area contributed by atoms with E-state index in [-0.39, 0.29) is 25.2 Å². The molecular formula is C12H18N2O3. The lowest BCUT2D eigenvalue weighted by Gasteiger charge is -2.21. The van der Waals surface area contributed by atoms with Crippen LogP contribution in [0.25, 0.3) is 0 Å². The minimum atomic E-state index is -1.06. The van der Waals surface area contributed by atoms with Gasteiger partial charge >= 0.3 is 12.0 Å². The number of rotatable bonds is 4. The molecule has 1 saturated carbocycles. The Bertz CT molecular complexity index is 335. The van der Waals surface area contributed by atoms with Crippen LogP contribution in [0.4, 0.5) is 4.79 Å². The monoisotopic (exact) mass is 238 g/mol. The molecule has 0 aromatic rings. The van der Waals surface area contributed by atoms with Crippen molar-refractivity contribution in [1.82, 2.24) is 10.2 Å². The van der Waals surface area contributed by atoms with Crippen molar-refractivity contribution in [1.29, 1.82) is 0 Å². The molecule has 0 radical (unpaired) electrons. The zero-order chi connectivity index (χ0) is 12.8. The Kier molecular flexibility index (Phi) is 4.83. The third kappa shape index (κ3) is 4.35. The third-order valence-electron chi connectivity index (χ3n) is 2.92. The van der Waals surface area contributed by atoms with E-state index in [9.17, 15) is 9.59 Å². The molecule has 17 heavy (non-hydrogen) atoms. The fraction of sp³-hybridized carbons (Fsp3) is 0.667. The van der Waals surface area contributed by atoms with E-state index in [1.165, 1.54) is 0 Å². The predicted octanol–water partition coefficient (Wildman–Crippen LogP) is 0.904. The molecule has 0 aliphatic heterocycles. The lowest BCUT2D eigenvalue weighted by atomic mass is 10.1. The van der Waals surface area contributed by atoms with Gasteiger partial charge in [0.25, 0.3) is 0 Å². The summed E-state index contributed by atoms with van der Waals surface area (Å²) in [6.45, 7) is 1.79. The van der Waals surface area contributed by atoms with Crippen LogP contribution >= 0.6 is 0 Å². The molecule has 0 heterocycles. The Labute approximate surface area is 101 Å². The van der Waals surface area contributed by atoms with E-state index in [1.54, 1.807) is 0 Å². The fourth-order valence-electron chi connectivity index (χ4n) is 2.08. The van der Waals surface area contributed by atoms with E-state index < -0.39 is 5.97 Å². The summed E-state index contributed by atoms with van der Waals surface area (Å²) >= 11 is 0. The number of nitrogens with zero attached hydrogens (tertiary/aromatic N) is 1. The summed E-state index contributed by atoms with van der Waals surface area (Å²) < 4.78 is 0. The molecule has 5 nitrogen and oxygen atoms in total. The average molecular weight is 238 g/mol. The first-order chi connectivity index (χ1) is 8.02. The molecule has 2 N–H and O–H groups in total. The van der Waals surface area contributed by atoms with Crippen LogP contribution < -0.4 is 5.32 Å². The highest BCUT2D eigenvalue weighted by Crippen LogP contribution is 2.24. The molecule has 2 atom stereocenters. The van der Waals surface area contributed by atoms with Crippen LogP contribution in [0, 0.1) is 18.3 Å². The summed E-state index contributed by atoms with van der Waals surface area (Å²) in [6, 6.07) is -0.240. The minimum absolute atomic E-state index is 0.0143. The highest BCUT2D eigenvalue weighted by Gasteiger charge is 2.25. The maximum absolute atomic E-state index is 11.8. The first-order valence-electron chi connectivity index (χ1n) is 5.73. The van der Waals surface area contributed by atoms with Gasteiger partial charge in [-0.2, -0.15) is 0 Å². The first kappa shape index (κ1) is 13.4. The number of carbonyl (C=O) groups excluding carboxylic acids is 1. The van der Waals surface area contributed by atoms with Gasteiger partial charge in [-0.3, -0.25) is 4.79 Å². The quantitative estimate of drug-likeness (QED) is 0.715. The van der Waals surface area contributed by atoms with Gasteiger partial charge in [-0.25, -0.2) is 4.79 Å². The van der Waals surface area contributed by atoms with Crippen LogP contribution in [0.5, 0.6) is 0 Å². The van der Waals surface area contributed by atoms with Crippen molar-refractivity contribution < 1.29 is 14.7 Å². The Morgan fingerprint density at radius 3 is 2.71 bits per heavy atom. The second-order valence-corrected chi connectivity index (χ2v) is 4.52. The summed E-state index contributed by atoms with van der Waals surface area (Å²) in [4.78, 5) is 23.5.